The number of nitrogens with one attached hydrogen (secondary N) is 2. The molecule has 2 amide bonds. The van der Waals surface area contributed by atoms with E-state index in [0.29, 0.717) is 12.0 Å². The van der Waals surface area contributed by atoms with Gasteiger partial charge in [0.25, 0.3) is 5.91 Å². The van der Waals surface area contributed by atoms with E-state index in [-0.39, 0.29) is 36.1 Å². The molecule has 0 unspecified atom stereocenters. The van der Waals surface area contributed by atoms with Gasteiger partial charge in [-0.3, -0.25) is 14.4 Å². The van der Waals surface area contributed by atoms with Crippen LogP contribution in [-0.4, -0.2) is 37.5 Å². The first-order valence-electron chi connectivity index (χ1n) is 9.30. The average Bonchev–Trinajstić information content (AvgIpc) is 2.59. The second kappa shape index (κ2) is 10.1. The predicted octanol–water partition coefficient (Wildman–Crippen LogP) is 2.81. The van der Waals surface area contributed by atoms with Gasteiger partial charge in [-0.05, 0) is 35.4 Å². The van der Waals surface area contributed by atoms with Crippen molar-refractivity contribution in [2.75, 3.05) is 13.7 Å². The van der Waals surface area contributed by atoms with Gasteiger partial charge in [-0.25, -0.2) is 0 Å². The lowest BCUT2D eigenvalue weighted by Gasteiger charge is -2.21. The normalized spacial score (nSPS) is 12.4. The summed E-state index contributed by atoms with van der Waals surface area (Å²) in [5, 5.41) is 5.49. The molecule has 0 radical (unpaired) electrons. The fourth-order valence-corrected chi connectivity index (χ4v) is 2.58. The van der Waals surface area contributed by atoms with Gasteiger partial charge in [0.05, 0.1) is 13.5 Å². The Hall–Kier alpha value is -2.37. The van der Waals surface area contributed by atoms with Gasteiger partial charge < -0.3 is 15.4 Å². The highest BCUT2D eigenvalue weighted by Gasteiger charge is 2.23. The second-order valence-electron chi connectivity index (χ2n) is 8.10. The largest absolute Gasteiger partial charge is 0.469 e. The molecule has 6 heteroatoms. The van der Waals surface area contributed by atoms with Crippen molar-refractivity contribution in [2.45, 2.75) is 58.9 Å². The van der Waals surface area contributed by atoms with Crippen molar-refractivity contribution < 1.29 is 19.1 Å². The molecule has 0 heterocycles. The van der Waals surface area contributed by atoms with Gasteiger partial charge in [0.1, 0.15) is 6.04 Å². The minimum atomic E-state index is -0.655. The molecule has 0 aliphatic rings. The van der Waals surface area contributed by atoms with E-state index in [1.54, 1.807) is 12.1 Å². The summed E-state index contributed by atoms with van der Waals surface area (Å²) in [6.45, 7) is 10.5. The standard InChI is InChI=1S/C21H32N2O4/c1-14(2)13-17(20(26)22-12-11-18(24)27-6)23-19(25)15-7-9-16(10-8-15)21(3,4)5/h7-10,14,17H,11-13H2,1-6H3,(H,22,26)(H,23,25)/t17-/m0/s1. The van der Waals surface area contributed by atoms with E-state index < -0.39 is 12.0 Å². The number of carbonyl (C=O) groups excluding carboxylic acids is 3. The highest BCUT2D eigenvalue weighted by atomic mass is 16.5. The molecule has 1 aromatic rings. The van der Waals surface area contributed by atoms with Crippen LogP contribution in [0.3, 0.4) is 0 Å². The number of carbonyl (C=O) groups is 3. The quantitative estimate of drug-likeness (QED) is 0.683. The van der Waals surface area contributed by atoms with Crippen LogP contribution in [0.1, 0.15) is 63.4 Å². The molecule has 1 atom stereocenters. The summed E-state index contributed by atoms with van der Waals surface area (Å²) in [6.07, 6.45) is 0.606. The Kier molecular flexibility index (Phi) is 8.47. The first kappa shape index (κ1) is 22.7. The minimum Gasteiger partial charge on any atom is -0.469 e. The summed E-state index contributed by atoms with van der Waals surface area (Å²) < 4.78 is 4.55. The molecule has 0 spiro atoms. The average molecular weight is 376 g/mol. The predicted molar refractivity (Wildman–Crippen MR) is 105 cm³/mol. The molecule has 0 fully saturated rings. The summed E-state index contributed by atoms with van der Waals surface area (Å²) >= 11 is 0. The zero-order valence-corrected chi connectivity index (χ0v) is 17.2. The topological polar surface area (TPSA) is 84.5 Å². The van der Waals surface area contributed by atoms with Crippen LogP contribution in [0.25, 0.3) is 0 Å². The maximum Gasteiger partial charge on any atom is 0.307 e. The van der Waals surface area contributed by atoms with Crippen molar-refractivity contribution in [3.8, 4) is 0 Å². The number of esters is 1. The lowest BCUT2D eigenvalue weighted by Crippen LogP contribution is -2.47. The van der Waals surface area contributed by atoms with Crippen molar-refractivity contribution in [3.63, 3.8) is 0 Å². The van der Waals surface area contributed by atoms with Gasteiger partial charge >= 0.3 is 5.97 Å². The van der Waals surface area contributed by atoms with Gasteiger partial charge in [-0.15, -0.1) is 0 Å². The maximum atomic E-state index is 12.6. The van der Waals surface area contributed by atoms with Crippen LogP contribution in [0.15, 0.2) is 24.3 Å². The number of methoxy groups -OCH3 is 1. The van der Waals surface area contributed by atoms with Crippen molar-refractivity contribution in [1.82, 2.24) is 10.6 Å². The highest BCUT2D eigenvalue weighted by molar-refractivity contribution is 5.97. The third-order valence-electron chi connectivity index (χ3n) is 4.20. The van der Waals surface area contributed by atoms with Gasteiger partial charge in [0.2, 0.25) is 5.91 Å². The first-order chi connectivity index (χ1) is 12.5. The highest BCUT2D eigenvalue weighted by Crippen LogP contribution is 2.22. The number of ether oxygens (including phenoxy) is 1. The molecular weight excluding hydrogens is 344 g/mol. The summed E-state index contributed by atoms with van der Waals surface area (Å²) in [5.74, 6) is -0.750. The third kappa shape index (κ3) is 7.81. The van der Waals surface area contributed by atoms with E-state index in [9.17, 15) is 14.4 Å². The zero-order valence-electron chi connectivity index (χ0n) is 17.2. The van der Waals surface area contributed by atoms with Crippen LogP contribution in [0.5, 0.6) is 0 Å². The Bertz CT molecular complexity index is 645. The fourth-order valence-electron chi connectivity index (χ4n) is 2.58. The van der Waals surface area contributed by atoms with E-state index in [2.05, 4.69) is 36.1 Å². The second-order valence-corrected chi connectivity index (χ2v) is 8.10. The van der Waals surface area contributed by atoms with E-state index in [4.69, 9.17) is 0 Å². The molecule has 0 aromatic heterocycles. The molecule has 0 saturated heterocycles. The van der Waals surface area contributed by atoms with Crippen LogP contribution < -0.4 is 10.6 Å². The molecule has 0 aliphatic carbocycles. The van der Waals surface area contributed by atoms with Crippen LogP contribution >= 0.6 is 0 Å². The Morgan fingerprint density at radius 2 is 1.67 bits per heavy atom. The van der Waals surface area contributed by atoms with Crippen LogP contribution in [0.2, 0.25) is 0 Å². The van der Waals surface area contributed by atoms with Crippen LogP contribution in [-0.2, 0) is 19.7 Å². The lowest BCUT2D eigenvalue weighted by molar-refractivity contribution is -0.140. The number of benzene rings is 1. The van der Waals surface area contributed by atoms with Gasteiger partial charge in [-0.1, -0.05) is 46.8 Å². The van der Waals surface area contributed by atoms with E-state index in [1.165, 1.54) is 7.11 Å². The number of rotatable bonds is 8. The van der Waals surface area contributed by atoms with Gasteiger partial charge in [0.15, 0.2) is 0 Å². The van der Waals surface area contributed by atoms with E-state index in [0.717, 1.165) is 5.56 Å². The third-order valence-corrected chi connectivity index (χ3v) is 4.20. The summed E-state index contributed by atoms with van der Waals surface area (Å²) in [6, 6.07) is 6.76. The number of hydrogen-bond acceptors (Lipinski definition) is 4. The van der Waals surface area contributed by atoms with Gasteiger partial charge in [-0.2, -0.15) is 0 Å². The van der Waals surface area contributed by atoms with Crippen molar-refractivity contribution in [3.05, 3.63) is 35.4 Å². The molecule has 1 aromatic carbocycles. The SMILES string of the molecule is COC(=O)CCNC(=O)[C@H](CC(C)C)NC(=O)c1ccc(C(C)(C)C)cc1. The Labute approximate surface area is 162 Å². The molecule has 6 nitrogen and oxygen atoms in total. The monoisotopic (exact) mass is 376 g/mol. The minimum absolute atomic E-state index is 0.00864. The molecule has 2 N–H and O–H groups in total. The summed E-state index contributed by atoms with van der Waals surface area (Å²) in [4.78, 5) is 36.1. The Morgan fingerprint density at radius 1 is 1.07 bits per heavy atom. The molecule has 27 heavy (non-hydrogen) atoms. The zero-order chi connectivity index (χ0) is 20.6. The molecule has 1 rings (SSSR count). The molecule has 0 bridgehead atoms. The van der Waals surface area contributed by atoms with Gasteiger partial charge in [0, 0.05) is 12.1 Å². The fraction of sp³-hybridized carbons (Fsp3) is 0.571. The van der Waals surface area contributed by atoms with Crippen molar-refractivity contribution in [1.29, 1.82) is 0 Å². The van der Waals surface area contributed by atoms with E-state index in [1.807, 2.05) is 26.0 Å². The smallest absolute Gasteiger partial charge is 0.307 e. The number of amides is 2. The van der Waals surface area contributed by atoms with Crippen molar-refractivity contribution in [2.24, 2.45) is 5.92 Å². The Balaban J connectivity index is 2.76. The molecular formula is C21H32N2O4. The van der Waals surface area contributed by atoms with E-state index >= 15 is 0 Å². The molecule has 150 valence electrons. The summed E-state index contributed by atoms with van der Waals surface area (Å²) in [7, 11) is 1.30. The summed E-state index contributed by atoms with van der Waals surface area (Å²) in [5.41, 5.74) is 1.66. The molecule has 0 aliphatic heterocycles. The van der Waals surface area contributed by atoms with Crippen molar-refractivity contribution >= 4 is 17.8 Å². The first-order valence-corrected chi connectivity index (χ1v) is 9.30. The Morgan fingerprint density at radius 3 is 2.15 bits per heavy atom. The molecule has 0 saturated carbocycles. The van der Waals surface area contributed by atoms with Crippen LogP contribution in [0.4, 0.5) is 0 Å². The number of hydrogen-bond donors (Lipinski definition) is 2. The van der Waals surface area contributed by atoms with Crippen LogP contribution in [0, 0.1) is 5.92 Å². The maximum absolute atomic E-state index is 12.6. The lowest BCUT2D eigenvalue weighted by atomic mass is 9.86.